The predicted octanol–water partition coefficient (Wildman–Crippen LogP) is 13.2. The molecule has 54 heavy (non-hydrogen) atoms. The molecule has 0 amide bonds. The topological polar surface area (TPSA) is 43.4 Å². The van der Waals surface area contributed by atoms with Crippen LogP contribution < -0.4 is 34.7 Å². The summed E-state index contributed by atoms with van der Waals surface area (Å²) in [6, 6.07) is 0.158. The van der Waals surface area contributed by atoms with Crippen LogP contribution in [-0.2, 0) is 4.79 Å². The second kappa shape index (κ2) is 49.6. The van der Waals surface area contributed by atoms with Crippen LogP contribution in [0.5, 0.6) is 0 Å². The first kappa shape index (κ1) is 56.5. The van der Waals surface area contributed by atoms with Crippen molar-refractivity contribution in [2.75, 3.05) is 13.1 Å². The number of aliphatic carboxylic acids is 1. The van der Waals surface area contributed by atoms with Gasteiger partial charge in [0.05, 0.1) is 0 Å². The Morgan fingerprint density at radius 3 is 0.741 bits per heavy atom. The zero-order chi connectivity index (χ0) is 38.6. The van der Waals surface area contributed by atoms with Gasteiger partial charge in [0, 0.05) is 18.4 Å². The summed E-state index contributed by atoms with van der Waals surface area (Å²) in [6.45, 7) is 8.92. The van der Waals surface area contributed by atoms with Crippen LogP contribution in [0.3, 0.4) is 0 Å². The minimum atomic E-state index is -0.875. The van der Waals surface area contributed by atoms with Crippen LogP contribution in [0, 0.1) is 0 Å². The third-order valence-electron chi connectivity index (χ3n) is 12.1. The summed E-state index contributed by atoms with van der Waals surface area (Å²) in [5.41, 5.74) is 0. The molecule has 4 heteroatoms. The zero-order valence-corrected chi connectivity index (χ0v) is 40.2. The van der Waals surface area contributed by atoms with Crippen molar-refractivity contribution < 1.29 is 39.5 Å². The van der Waals surface area contributed by atoms with Crippen LogP contribution in [0.2, 0.25) is 0 Å². The number of hydrogen-bond donors (Lipinski definition) is 0. The van der Waals surface area contributed by atoms with E-state index in [2.05, 4.69) is 25.7 Å². The number of carbonyl (C=O) groups is 1. The Morgan fingerprint density at radius 2 is 0.556 bits per heavy atom. The van der Waals surface area contributed by atoms with Crippen molar-refractivity contribution >= 4 is 5.97 Å². The van der Waals surface area contributed by atoms with Gasteiger partial charge in [0.15, 0.2) is 0 Å². The minimum absolute atomic E-state index is 0. The molecule has 0 aliphatic heterocycles. The second-order valence-electron chi connectivity index (χ2n) is 17.5. The first-order valence-corrected chi connectivity index (χ1v) is 25.1. The summed E-state index contributed by atoms with van der Waals surface area (Å²) in [5, 5.41) is 11.6. The van der Waals surface area contributed by atoms with Crippen LogP contribution in [0.4, 0.5) is 0 Å². The standard InChI is InChI=1S/C50H101NO2.Na/c1-4-7-9-11-13-15-17-19-21-23-25-27-29-31-33-35-37-39-41-43-46-51(49(45-6-3)48-50(52)53)47-44-42-40-38-36-34-32-30-28-26-24-22-20-18-16-14-12-10-8-5-2;/h49H,4-48H2,1-3H3,(H,52,53);/q;+1/p-1. The van der Waals surface area contributed by atoms with Crippen molar-refractivity contribution in [1.82, 2.24) is 4.90 Å². The van der Waals surface area contributed by atoms with E-state index in [9.17, 15) is 9.90 Å². The number of carbonyl (C=O) groups excluding carboxylic acids is 1. The molecule has 318 valence electrons. The molecule has 0 saturated heterocycles. The molecule has 0 heterocycles. The van der Waals surface area contributed by atoms with Gasteiger partial charge in [0.2, 0.25) is 0 Å². The van der Waals surface area contributed by atoms with Crippen molar-refractivity contribution in [3.8, 4) is 0 Å². The van der Waals surface area contributed by atoms with E-state index in [1.165, 1.54) is 257 Å². The van der Waals surface area contributed by atoms with Crippen molar-refractivity contribution in [1.29, 1.82) is 0 Å². The fraction of sp³-hybridized carbons (Fsp3) is 0.980. The van der Waals surface area contributed by atoms with E-state index in [1.54, 1.807) is 0 Å². The zero-order valence-electron chi connectivity index (χ0n) is 38.2. The summed E-state index contributed by atoms with van der Waals surface area (Å²) >= 11 is 0. The Bertz CT molecular complexity index is 644. The molecule has 0 aliphatic rings. The number of rotatable bonds is 47. The van der Waals surface area contributed by atoms with E-state index in [1.807, 2.05) is 0 Å². The van der Waals surface area contributed by atoms with E-state index in [0.717, 1.165) is 25.9 Å². The molecule has 1 unspecified atom stereocenters. The van der Waals surface area contributed by atoms with E-state index >= 15 is 0 Å². The summed E-state index contributed by atoms with van der Waals surface area (Å²) in [6.07, 6.45) is 58.6. The van der Waals surface area contributed by atoms with E-state index < -0.39 is 5.97 Å². The molecule has 3 nitrogen and oxygen atoms in total. The summed E-state index contributed by atoms with van der Waals surface area (Å²) in [7, 11) is 0. The van der Waals surface area contributed by atoms with Gasteiger partial charge < -0.3 is 14.8 Å². The van der Waals surface area contributed by atoms with Crippen LogP contribution in [0.25, 0.3) is 0 Å². The maximum atomic E-state index is 11.6. The molecule has 0 fully saturated rings. The Balaban J connectivity index is 0. The van der Waals surface area contributed by atoms with Gasteiger partial charge in [-0.3, -0.25) is 0 Å². The molecule has 0 bridgehead atoms. The minimum Gasteiger partial charge on any atom is -0.550 e. The molecular weight excluding hydrogens is 670 g/mol. The molecule has 0 saturated carbocycles. The average molecular weight is 770 g/mol. The first-order valence-electron chi connectivity index (χ1n) is 25.1. The van der Waals surface area contributed by atoms with Crippen molar-refractivity contribution in [2.45, 2.75) is 303 Å². The predicted molar refractivity (Wildman–Crippen MR) is 236 cm³/mol. The molecule has 0 aromatic carbocycles. The van der Waals surface area contributed by atoms with Gasteiger partial charge in [-0.1, -0.05) is 271 Å². The maximum Gasteiger partial charge on any atom is 1.00 e. The Kier molecular flexibility index (Phi) is 51.9. The molecular formula is C50H100NNaO2. The molecule has 0 N–H and O–H groups in total. The summed E-state index contributed by atoms with van der Waals surface area (Å²) in [4.78, 5) is 14.1. The molecule has 1 atom stereocenters. The van der Waals surface area contributed by atoms with Gasteiger partial charge in [0.1, 0.15) is 0 Å². The van der Waals surface area contributed by atoms with Gasteiger partial charge in [-0.25, -0.2) is 0 Å². The summed E-state index contributed by atoms with van der Waals surface area (Å²) < 4.78 is 0. The van der Waals surface area contributed by atoms with Crippen LogP contribution in [-0.4, -0.2) is 30.0 Å². The number of carboxylic acids is 1. The van der Waals surface area contributed by atoms with Crippen LogP contribution >= 0.6 is 0 Å². The quantitative estimate of drug-likeness (QED) is 0.0457. The van der Waals surface area contributed by atoms with E-state index in [0.29, 0.717) is 0 Å². The van der Waals surface area contributed by atoms with Crippen LogP contribution in [0.15, 0.2) is 0 Å². The molecule has 0 aromatic rings. The van der Waals surface area contributed by atoms with E-state index in [-0.39, 0.29) is 42.0 Å². The SMILES string of the molecule is CCCCCCCCCCCCCCCCCCCCCCN(CCCCCCCCCCCCCCCCCCCCCC)C(CCC)CC(=O)[O-].[Na+]. The Hall–Kier alpha value is 0.430. The normalized spacial score (nSPS) is 12.1. The number of hydrogen-bond acceptors (Lipinski definition) is 3. The smallest absolute Gasteiger partial charge is 0.550 e. The van der Waals surface area contributed by atoms with Crippen molar-refractivity contribution in [2.24, 2.45) is 0 Å². The average Bonchev–Trinajstić information content (AvgIpc) is 3.15. The van der Waals surface area contributed by atoms with Gasteiger partial charge in [-0.2, -0.15) is 0 Å². The summed E-state index contributed by atoms with van der Waals surface area (Å²) in [5.74, 6) is -0.875. The number of carboxylic acid groups (broad SMARTS) is 1. The van der Waals surface area contributed by atoms with Gasteiger partial charge >= 0.3 is 29.6 Å². The Labute approximate surface area is 364 Å². The third-order valence-corrected chi connectivity index (χ3v) is 12.1. The molecule has 0 aromatic heterocycles. The molecule has 0 rings (SSSR count). The second-order valence-corrected chi connectivity index (χ2v) is 17.5. The monoisotopic (exact) mass is 770 g/mol. The fourth-order valence-electron chi connectivity index (χ4n) is 8.56. The van der Waals surface area contributed by atoms with Gasteiger partial charge in [0.25, 0.3) is 0 Å². The fourth-order valence-corrected chi connectivity index (χ4v) is 8.56. The van der Waals surface area contributed by atoms with Crippen LogP contribution in [0.1, 0.15) is 297 Å². The van der Waals surface area contributed by atoms with Crippen molar-refractivity contribution in [3.05, 3.63) is 0 Å². The first-order chi connectivity index (χ1) is 26.2. The van der Waals surface area contributed by atoms with Crippen molar-refractivity contribution in [3.63, 3.8) is 0 Å². The van der Waals surface area contributed by atoms with E-state index in [4.69, 9.17) is 0 Å². The third kappa shape index (κ3) is 45.1. The van der Waals surface area contributed by atoms with Gasteiger partial charge in [-0.05, 0) is 32.4 Å². The largest absolute Gasteiger partial charge is 1.00 e. The Morgan fingerprint density at radius 1 is 0.352 bits per heavy atom. The number of unbranched alkanes of at least 4 members (excludes halogenated alkanes) is 38. The van der Waals surface area contributed by atoms with Gasteiger partial charge in [-0.15, -0.1) is 0 Å². The number of nitrogens with zero attached hydrogens (tertiary/aromatic N) is 1. The molecule has 0 radical (unpaired) electrons. The molecule has 0 aliphatic carbocycles. The molecule has 0 spiro atoms. The maximum absolute atomic E-state index is 11.6.